The highest BCUT2D eigenvalue weighted by molar-refractivity contribution is 7.99. The molecule has 1 aromatic carbocycles. The van der Waals surface area contributed by atoms with Gasteiger partial charge in [-0.05, 0) is 37.6 Å². The molecule has 3 heteroatoms. The number of hydrogen-bond acceptors (Lipinski definition) is 3. The minimum Gasteiger partial charge on any atom is -0.389 e. The molecule has 0 saturated heterocycles. The van der Waals surface area contributed by atoms with Crippen LogP contribution in [0.25, 0.3) is 0 Å². The fourth-order valence-corrected chi connectivity index (χ4v) is 2.37. The van der Waals surface area contributed by atoms with E-state index >= 15 is 0 Å². The maximum atomic E-state index is 9.39. The summed E-state index contributed by atoms with van der Waals surface area (Å²) < 4.78 is 0. The van der Waals surface area contributed by atoms with Crippen LogP contribution in [0.1, 0.15) is 24.2 Å². The van der Waals surface area contributed by atoms with Crippen LogP contribution in [0.5, 0.6) is 0 Å². The fraction of sp³-hybridized carbons (Fsp3) is 0.214. The molecule has 0 aliphatic heterocycles. The van der Waals surface area contributed by atoms with Crippen molar-refractivity contribution in [1.29, 1.82) is 0 Å². The monoisotopic (exact) mass is 245 g/mol. The van der Waals surface area contributed by atoms with E-state index < -0.39 is 6.10 Å². The first-order chi connectivity index (χ1) is 8.15. The second kappa shape index (κ2) is 5.34. The summed E-state index contributed by atoms with van der Waals surface area (Å²) in [5.74, 6) is 0. The van der Waals surface area contributed by atoms with Crippen molar-refractivity contribution in [2.24, 2.45) is 0 Å². The van der Waals surface area contributed by atoms with Crippen LogP contribution in [0.4, 0.5) is 0 Å². The fourth-order valence-electron chi connectivity index (χ4n) is 1.50. The topological polar surface area (TPSA) is 33.1 Å². The lowest BCUT2D eigenvalue weighted by Crippen LogP contribution is -1.92. The Kier molecular flexibility index (Phi) is 3.82. The third-order valence-corrected chi connectivity index (χ3v) is 3.39. The number of hydrogen-bond donors (Lipinski definition) is 1. The van der Waals surface area contributed by atoms with E-state index in [1.807, 2.05) is 18.2 Å². The first-order valence-electron chi connectivity index (χ1n) is 5.54. The summed E-state index contributed by atoms with van der Waals surface area (Å²) in [6.45, 7) is 3.82. The van der Waals surface area contributed by atoms with Gasteiger partial charge < -0.3 is 5.11 Å². The van der Waals surface area contributed by atoms with Crippen LogP contribution in [0, 0.1) is 6.92 Å². The summed E-state index contributed by atoms with van der Waals surface area (Å²) in [6.07, 6.45) is 1.27. The lowest BCUT2D eigenvalue weighted by molar-refractivity contribution is 0.198. The second-order valence-corrected chi connectivity index (χ2v) is 5.12. The number of aromatic nitrogens is 1. The molecular weight excluding hydrogens is 230 g/mol. The smallest absolute Gasteiger partial charge is 0.101 e. The van der Waals surface area contributed by atoms with Crippen LogP contribution in [-0.2, 0) is 0 Å². The molecule has 1 N–H and O–H groups in total. The SMILES string of the molecule is Cc1cccc(Sc2ccc([C@H](C)O)cn2)c1. The Morgan fingerprint density at radius 1 is 1.24 bits per heavy atom. The Labute approximate surface area is 106 Å². The van der Waals surface area contributed by atoms with Gasteiger partial charge in [0.15, 0.2) is 0 Å². The Morgan fingerprint density at radius 3 is 2.65 bits per heavy atom. The predicted molar refractivity (Wildman–Crippen MR) is 70.2 cm³/mol. The molecular formula is C14H15NOS. The quantitative estimate of drug-likeness (QED) is 0.897. The van der Waals surface area contributed by atoms with Crippen molar-refractivity contribution >= 4 is 11.8 Å². The van der Waals surface area contributed by atoms with Crippen LogP contribution in [-0.4, -0.2) is 10.1 Å². The van der Waals surface area contributed by atoms with Crippen LogP contribution in [0.3, 0.4) is 0 Å². The lowest BCUT2D eigenvalue weighted by atomic mass is 10.2. The highest BCUT2D eigenvalue weighted by Gasteiger charge is 2.02. The van der Waals surface area contributed by atoms with E-state index in [0.29, 0.717) is 0 Å². The van der Waals surface area contributed by atoms with Gasteiger partial charge in [-0.3, -0.25) is 0 Å². The standard InChI is InChI=1S/C14H15NOS/c1-10-4-3-5-13(8-10)17-14-7-6-12(9-15-14)11(2)16/h3-9,11,16H,1-2H3/t11-/m0/s1. The molecule has 0 radical (unpaired) electrons. The largest absolute Gasteiger partial charge is 0.389 e. The minimum atomic E-state index is -0.458. The van der Waals surface area contributed by atoms with Crippen LogP contribution in [0.15, 0.2) is 52.5 Å². The molecule has 0 amide bonds. The third-order valence-electron chi connectivity index (χ3n) is 2.45. The first-order valence-corrected chi connectivity index (χ1v) is 6.35. The number of benzene rings is 1. The van der Waals surface area contributed by atoms with Gasteiger partial charge in [-0.2, -0.15) is 0 Å². The van der Waals surface area contributed by atoms with Crippen molar-refractivity contribution < 1.29 is 5.11 Å². The second-order valence-electron chi connectivity index (χ2n) is 4.02. The molecule has 0 spiro atoms. The molecule has 0 fully saturated rings. The molecule has 2 aromatic rings. The molecule has 0 aliphatic rings. The Hall–Kier alpha value is -1.32. The Morgan fingerprint density at radius 2 is 2.06 bits per heavy atom. The highest BCUT2D eigenvalue weighted by Crippen LogP contribution is 2.27. The summed E-state index contributed by atoms with van der Waals surface area (Å²) in [5.41, 5.74) is 2.09. The van der Waals surface area contributed by atoms with E-state index in [-0.39, 0.29) is 0 Å². The van der Waals surface area contributed by atoms with Gasteiger partial charge in [-0.25, -0.2) is 4.98 Å². The van der Waals surface area contributed by atoms with Gasteiger partial charge in [0.1, 0.15) is 5.03 Å². The van der Waals surface area contributed by atoms with Crippen molar-refractivity contribution in [2.45, 2.75) is 29.9 Å². The minimum absolute atomic E-state index is 0.458. The van der Waals surface area contributed by atoms with E-state index in [1.54, 1.807) is 24.9 Å². The summed E-state index contributed by atoms with van der Waals surface area (Å²) in [4.78, 5) is 5.51. The highest BCUT2D eigenvalue weighted by atomic mass is 32.2. The molecule has 0 saturated carbocycles. The molecule has 0 aliphatic carbocycles. The van der Waals surface area contributed by atoms with Crippen molar-refractivity contribution in [3.63, 3.8) is 0 Å². The molecule has 0 unspecified atom stereocenters. The molecule has 2 nitrogen and oxygen atoms in total. The average molecular weight is 245 g/mol. The van der Waals surface area contributed by atoms with Crippen LogP contribution < -0.4 is 0 Å². The molecule has 17 heavy (non-hydrogen) atoms. The third kappa shape index (κ3) is 3.32. The van der Waals surface area contributed by atoms with Gasteiger partial charge in [0.25, 0.3) is 0 Å². The normalized spacial score (nSPS) is 12.4. The molecule has 0 bridgehead atoms. The zero-order chi connectivity index (χ0) is 12.3. The van der Waals surface area contributed by atoms with Crippen molar-refractivity contribution in [1.82, 2.24) is 4.98 Å². The average Bonchev–Trinajstić information content (AvgIpc) is 2.29. The predicted octanol–water partition coefficient (Wildman–Crippen LogP) is 3.59. The van der Waals surface area contributed by atoms with E-state index in [2.05, 4.69) is 30.1 Å². The van der Waals surface area contributed by atoms with Gasteiger partial charge in [0.2, 0.25) is 0 Å². The van der Waals surface area contributed by atoms with E-state index in [1.165, 1.54) is 10.5 Å². The molecule has 1 atom stereocenters. The number of aryl methyl sites for hydroxylation is 1. The van der Waals surface area contributed by atoms with Gasteiger partial charge in [-0.1, -0.05) is 35.5 Å². The summed E-state index contributed by atoms with van der Waals surface area (Å²) in [7, 11) is 0. The molecule has 2 rings (SSSR count). The zero-order valence-electron chi connectivity index (χ0n) is 9.92. The molecule has 1 heterocycles. The van der Waals surface area contributed by atoms with Gasteiger partial charge >= 0.3 is 0 Å². The molecule has 88 valence electrons. The number of aliphatic hydroxyl groups excluding tert-OH is 1. The Balaban J connectivity index is 2.14. The van der Waals surface area contributed by atoms with Crippen LogP contribution >= 0.6 is 11.8 Å². The maximum absolute atomic E-state index is 9.39. The summed E-state index contributed by atoms with van der Waals surface area (Å²) >= 11 is 1.63. The van der Waals surface area contributed by atoms with Crippen molar-refractivity contribution in [3.05, 3.63) is 53.7 Å². The van der Waals surface area contributed by atoms with E-state index in [0.717, 1.165) is 10.6 Å². The van der Waals surface area contributed by atoms with Gasteiger partial charge in [0, 0.05) is 11.1 Å². The number of pyridine rings is 1. The maximum Gasteiger partial charge on any atom is 0.101 e. The summed E-state index contributed by atoms with van der Waals surface area (Å²) in [6, 6.07) is 12.2. The molecule has 1 aromatic heterocycles. The van der Waals surface area contributed by atoms with Gasteiger partial charge in [-0.15, -0.1) is 0 Å². The van der Waals surface area contributed by atoms with E-state index in [4.69, 9.17) is 0 Å². The number of rotatable bonds is 3. The van der Waals surface area contributed by atoms with Crippen molar-refractivity contribution in [3.8, 4) is 0 Å². The first kappa shape index (κ1) is 12.1. The lowest BCUT2D eigenvalue weighted by Gasteiger charge is -2.05. The number of aliphatic hydroxyl groups is 1. The van der Waals surface area contributed by atoms with Crippen LogP contribution in [0.2, 0.25) is 0 Å². The number of nitrogens with zero attached hydrogens (tertiary/aromatic N) is 1. The van der Waals surface area contributed by atoms with E-state index in [9.17, 15) is 5.11 Å². The summed E-state index contributed by atoms with van der Waals surface area (Å²) in [5, 5.41) is 10.3. The Bertz CT molecular complexity index is 494. The van der Waals surface area contributed by atoms with Gasteiger partial charge in [0.05, 0.1) is 6.10 Å². The van der Waals surface area contributed by atoms with Crippen molar-refractivity contribution in [2.75, 3.05) is 0 Å². The zero-order valence-corrected chi connectivity index (χ0v) is 10.7.